The highest BCUT2D eigenvalue weighted by molar-refractivity contribution is 7.09. The summed E-state index contributed by atoms with van der Waals surface area (Å²) in [6, 6.07) is 7.79. The van der Waals surface area contributed by atoms with Crippen molar-refractivity contribution in [2.45, 2.75) is 51.6 Å². The highest BCUT2D eigenvalue weighted by Gasteiger charge is 2.33. The second-order valence-corrected chi connectivity index (χ2v) is 7.63. The van der Waals surface area contributed by atoms with E-state index in [1.165, 1.54) is 11.5 Å². The molecule has 0 radical (unpaired) electrons. The van der Waals surface area contributed by atoms with Crippen LogP contribution < -0.4 is 10.2 Å². The van der Waals surface area contributed by atoms with E-state index in [9.17, 15) is 4.79 Å². The molecular formula is C18H23ClN4OS. The predicted molar refractivity (Wildman–Crippen MR) is 102 cm³/mol. The molecule has 0 spiro atoms. The number of carbonyl (C=O) groups excluding carboxylic acids is 1. The SMILES string of the molecule is CC[C@H](C)NC(=O)[C@H]1CCCN1c1nc(Cc2ccc(Cl)cc2)ns1. The summed E-state index contributed by atoms with van der Waals surface area (Å²) in [5.74, 6) is 0.886. The maximum atomic E-state index is 12.5. The van der Waals surface area contributed by atoms with Crippen LogP contribution in [0.2, 0.25) is 5.02 Å². The standard InChI is InChI=1S/C18H23ClN4OS/c1-3-12(2)20-17(24)15-5-4-10-23(15)18-21-16(22-25-18)11-13-6-8-14(19)9-7-13/h6-9,12,15H,3-5,10-11H2,1-2H3,(H,20,24)/t12-,15+/m0/s1. The molecule has 1 N–H and O–H groups in total. The molecule has 5 nitrogen and oxygen atoms in total. The van der Waals surface area contributed by atoms with Crippen molar-refractivity contribution in [2.75, 3.05) is 11.4 Å². The molecule has 1 amide bonds. The maximum Gasteiger partial charge on any atom is 0.242 e. The Morgan fingerprint density at radius 3 is 2.92 bits per heavy atom. The van der Waals surface area contributed by atoms with E-state index in [4.69, 9.17) is 11.6 Å². The maximum absolute atomic E-state index is 12.5. The normalized spacial score (nSPS) is 18.4. The number of nitrogens with one attached hydrogen (secondary N) is 1. The van der Waals surface area contributed by atoms with E-state index in [1.54, 1.807) is 0 Å². The lowest BCUT2D eigenvalue weighted by Crippen LogP contribution is -2.46. The predicted octanol–water partition coefficient (Wildman–Crippen LogP) is 3.67. The summed E-state index contributed by atoms with van der Waals surface area (Å²) < 4.78 is 4.47. The summed E-state index contributed by atoms with van der Waals surface area (Å²) in [6.07, 6.45) is 3.48. The molecule has 2 aromatic rings. The third kappa shape index (κ3) is 4.50. The van der Waals surface area contributed by atoms with Gasteiger partial charge in [-0.15, -0.1) is 0 Å². The molecule has 1 fully saturated rings. The Kier molecular flexibility index (Phi) is 5.91. The molecule has 2 heterocycles. The summed E-state index contributed by atoms with van der Waals surface area (Å²) in [5, 5.41) is 4.65. The summed E-state index contributed by atoms with van der Waals surface area (Å²) in [5.41, 5.74) is 1.13. The van der Waals surface area contributed by atoms with Gasteiger partial charge in [-0.05, 0) is 43.9 Å². The molecule has 3 rings (SSSR count). The van der Waals surface area contributed by atoms with Gasteiger partial charge in [0, 0.05) is 35.6 Å². The van der Waals surface area contributed by atoms with E-state index in [2.05, 4.69) is 26.5 Å². The first-order chi connectivity index (χ1) is 12.1. The van der Waals surface area contributed by atoms with Gasteiger partial charge < -0.3 is 10.2 Å². The van der Waals surface area contributed by atoms with Crippen LogP contribution in [0.3, 0.4) is 0 Å². The third-order valence-electron chi connectivity index (χ3n) is 4.54. The van der Waals surface area contributed by atoms with Crippen molar-refractivity contribution in [2.24, 2.45) is 0 Å². The fraction of sp³-hybridized carbons (Fsp3) is 0.500. The summed E-state index contributed by atoms with van der Waals surface area (Å²) in [7, 11) is 0. The number of aromatic nitrogens is 2. The summed E-state index contributed by atoms with van der Waals surface area (Å²) in [4.78, 5) is 19.3. The Hall–Kier alpha value is -1.66. The fourth-order valence-corrected chi connectivity index (χ4v) is 3.82. The van der Waals surface area contributed by atoms with Crippen LogP contribution in [-0.4, -0.2) is 33.9 Å². The van der Waals surface area contributed by atoms with Crippen LogP contribution >= 0.6 is 23.1 Å². The Balaban J connectivity index is 1.68. The zero-order chi connectivity index (χ0) is 17.8. The number of hydrogen-bond donors (Lipinski definition) is 1. The smallest absolute Gasteiger partial charge is 0.242 e. The van der Waals surface area contributed by atoms with Gasteiger partial charge in [-0.1, -0.05) is 30.7 Å². The minimum atomic E-state index is -0.134. The topological polar surface area (TPSA) is 58.1 Å². The Labute approximate surface area is 157 Å². The van der Waals surface area contributed by atoms with Crippen molar-refractivity contribution >= 4 is 34.2 Å². The molecule has 0 bridgehead atoms. The van der Waals surface area contributed by atoms with E-state index in [1.807, 2.05) is 31.2 Å². The number of benzene rings is 1. The lowest BCUT2D eigenvalue weighted by atomic mass is 10.1. The quantitative estimate of drug-likeness (QED) is 0.833. The minimum absolute atomic E-state index is 0.0984. The van der Waals surface area contributed by atoms with Gasteiger partial charge in [0.05, 0.1) is 0 Å². The van der Waals surface area contributed by atoms with E-state index < -0.39 is 0 Å². The van der Waals surface area contributed by atoms with Crippen molar-refractivity contribution in [3.63, 3.8) is 0 Å². The molecule has 0 aliphatic carbocycles. The summed E-state index contributed by atoms with van der Waals surface area (Å²) in [6.45, 7) is 4.96. The Bertz CT molecular complexity index is 718. The van der Waals surface area contributed by atoms with Crippen LogP contribution in [0, 0.1) is 0 Å². The largest absolute Gasteiger partial charge is 0.352 e. The molecule has 1 aromatic carbocycles. The lowest BCUT2D eigenvalue weighted by Gasteiger charge is -2.24. The fourth-order valence-electron chi connectivity index (χ4n) is 2.93. The van der Waals surface area contributed by atoms with Crippen LogP contribution in [0.1, 0.15) is 44.5 Å². The number of carbonyl (C=O) groups is 1. The first-order valence-electron chi connectivity index (χ1n) is 8.71. The van der Waals surface area contributed by atoms with Crippen LogP contribution in [0.15, 0.2) is 24.3 Å². The molecule has 0 saturated carbocycles. The van der Waals surface area contributed by atoms with Crippen molar-refractivity contribution < 1.29 is 4.79 Å². The average molecular weight is 379 g/mol. The van der Waals surface area contributed by atoms with Crippen molar-refractivity contribution in [3.05, 3.63) is 40.7 Å². The molecule has 7 heteroatoms. The van der Waals surface area contributed by atoms with Gasteiger partial charge in [-0.2, -0.15) is 4.37 Å². The molecule has 0 unspecified atom stereocenters. The molecule has 1 aliphatic rings. The Morgan fingerprint density at radius 2 is 2.20 bits per heavy atom. The van der Waals surface area contributed by atoms with Gasteiger partial charge in [0.1, 0.15) is 11.9 Å². The van der Waals surface area contributed by atoms with Gasteiger partial charge >= 0.3 is 0 Å². The molecule has 2 atom stereocenters. The second kappa shape index (κ2) is 8.15. The van der Waals surface area contributed by atoms with E-state index in [0.717, 1.165) is 47.3 Å². The second-order valence-electron chi connectivity index (χ2n) is 6.47. The number of halogens is 1. The summed E-state index contributed by atoms with van der Waals surface area (Å²) >= 11 is 7.30. The third-order valence-corrected chi connectivity index (χ3v) is 5.58. The van der Waals surface area contributed by atoms with Crippen LogP contribution in [0.4, 0.5) is 5.13 Å². The van der Waals surface area contributed by atoms with Crippen molar-refractivity contribution in [3.8, 4) is 0 Å². The highest BCUT2D eigenvalue weighted by atomic mass is 35.5. The Morgan fingerprint density at radius 1 is 1.44 bits per heavy atom. The number of amides is 1. The van der Waals surface area contributed by atoms with E-state index >= 15 is 0 Å². The van der Waals surface area contributed by atoms with Crippen LogP contribution in [-0.2, 0) is 11.2 Å². The number of nitrogens with zero attached hydrogens (tertiary/aromatic N) is 3. The van der Waals surface area contributed by atoms with Gasteiger partial charge in [0.25, 0.3) is 0 Å². The monoisotopic (exact) mass is 378 g/mol. The molecular weight excluding hydrogens is 356 g/mol. The molecule has 134 valence electrons. The highest BCUT2D eigenvalue weighted by Crippen LogP contribution is 2.28. The van der Waals surface area contributed by atoms with Crippen LogP contribution in [0.25, 0.3) is 0 Å². The van der Waals surface area contributed by atoms with Crippen LogP contribution in [0.5, 0.6) is 0 Å². The van der Waals surface area contributed by atoms with Crippen molar-refractivity contribution in [1.82, 2.24) is 14.7 Å². The van der Waals surface area contributed by atoms with Gasteiger partial charge in [0.2, 0.25) is 11.0 Å². The molecule has 25 heavy (non-hydrogen) atoms. The van der Waals surface area contributed by atoms with Gasteiger partial charge in [-0.3, -0.25) is 4.79 Å². The zero-order valence-corrected chi connectivity index (χ0v) is 16.1. The van der Waals surface area contributed by atoms with Gasteiger partial charge in [0.15, 0.2) is 0 Å². The molecule has 1 aromatic heterocycles. The first kappa shape index (κ1) is 18.1. The number of anilines is 1. The molecule has 1 aliphatic heterocycles. The average Bonchev–Trinajstić information content (AvgIpc) is 3.25. The van der Waals surface area contributed by atoms with E-state index in [-0.39, 0.29) is 18.0 Å². The van der Waals surface area contributed by atoms with Crippen molar-refractivity contribution in [1.29, 1.82) is 0 Å². The van der Waals surface area contributed by atoms with Gasteiger partial charge in [-0.25, -0.2) is 4.98 Å². The lowest BCUT2D eigenvalue weighted by molar-refractivity contribution is -0.122. The number of hydrogen-bond acceptors (Lipinski definition) is 5. The zero-order valence-electron chi connectivity index (χ0n) is 14.5. The molecule has 1 saturated heterocycles. The first-order valence-corrected chi connectivity index (χ1v) is 9.86. The number of rotatable bonds is 6. The minimum Gasteiger partial charge on any atom is -0.352 e. The van der Waals surface area contributed by atoms with E-state index in [0.29, 0.717) is 6.42 Å².